The molecule has 9 nitrogen and oxygen atoms in total. The first-order valence-corrected chi connectivity index (χ1v) is 10.8. The van der Waals surface area contributed by atoms with Crippen LogP contribution in [-0.2, 0) is 18.3 Å². The zero-order chi connectivity index (χ0) is 20.7. The Bertz CT molecular complexity index is 678. The third-order valence-electron chi connectivity index (χ3n) is 6.33. The van der Waals surface area contributed by atoms with Gasteiger partial charge in [-0.25, -0.2) is 4.99 Å². The second kappa shape index (κ2) is 12.2. The molecule has 10 heteroatoms. The molecule has 0 radical (unpaired) electrons. The minimum Gasteiger partial charge on any atom is -0.392 e. The molecule has 1 aromatic heterocycles. The van der Waals surface area contributed by atoms with E-state index in [1.54, 1.807) is 0 Å². The molecule has 2 heterocycles. The molecular formula is C20H38IN7O2. The van der Waals surface area contributed by atoms with Gasteiger partial charge in [-0.1, -0.05) is 19.8 Å². The maximum Gasteiger partial charge on any atom is 0.191 e. The van der Waals surface area contributed by atoms with Gasteiger partial charge in [-0.15, -0.1) is 34.2 Å². The lowest BCUT2D eigenvalue weighted by Crippen LogP contribution is -2.49. The number of aliphatic imine (C=N–C) groups is 1. The highest BCUT2D eigenvalue weighted by atomic mass is 127. The SMILES string of the molecule is Cc1nnc(CN=C(NCCN2CCOCC2)NCC2(C)CCCCC2O)n1C.I. The molecular weight excluding hydrogens is 497 g/mol. The Labute approximate surface area is 197 Å². The number of aliphatic hydroxyl groups is 1. The van der Waals surface area contributed by atoms with Gasteiger partial charge in [0.25, 0.3) is 0 Å². The molecule has 2 aliphatic rings. The predicted octanol–water partition coefficient (Wildman–Crippen LogP) is 1.05. The average Bonchev–Trinajstić information content (AvgIpc) is 3.05. The maximum absolute atomic E-state index is 10.5. The van der Waals surface area contributed by atoms with Gasteiger partial charge < -0.3 is 25.0 Å². The Morgan fingerprint density at radius 1 is 1.27 bits per heavy atom. The van der Waals surface area contributed by atoms with Crippen molar-refractivity contribution in [1.29, 1.82) is 0 Å². The Morgan fingerprint density at radius 2 is 2.03 bits per heavy atom. The van der Waals surface area contributed by atoms with Crippen LogP contribution in [0.1, 0.15) is 44.3 Å². The molecule has 172 valence electrons. The fourth-order valence-electron chi connectivity index (χ4n) is 3.94. The molecule has 1 saturated heterocycles. The number of aryl methyl sites for hydroxylation is 1. The van der Waals surface area contributed by atoms with Gasteiger partial charge in [0.05, 0.1) is 19.3 Å². The van der Waals surface area contributed by atoms with E-state index < -0.39 is 0 Å². The first-order valence-electron chi connectivity index (χ1n) is 10.8. The molecule has 2 unspecified atom stereocenters. The largest absolute Gasteiger partial charge is 0.392 e. The summed E-state index contributed by atoms with van der Waals surface area (Å²) in [5, 5.41) is 25.7. The number of nitrogens with one attached hydrogen (secondary N) is 2. The van der Waals surface area contributed by atoms with E-state index in [9.17, 15) is 5.11 Å². The van der Waals surface area contributed by atoms with Crippen molar-refractivity contribution in [3.05, 3.63) is 11.6 Å². The first kappa shape index (κ1) is 25.3. The second-order valence-electron chi connectivity index (χ2n) is 8.54. The minimum absolute atomic E-state index is 0. The highest BCUT2D eigenvalue weighted by Crippen LogP contribution is 2.35. The van der Waals surface area contributed by atoms with Crippen molar-refractivity contribution >= 4 is 29.9 Å². The summed E-state index contributed by atoms with van der Waals surface area (Å²) in [6.45, 7) is 10.6. The molecule has 0 aromatic carbocycles. The van der Waals surface area contributed by atoms with Gasteiger partial charge in [-0.05, 0) is 19.8 Å². The van der Waals surface area contributed by atoms with E-state index >= 15 is 0 Å². The van der Waals surface area contributed by atoms with E-state index in [1.165, 1.54) is 6.42 Å². The van der Waals surface area contributed by atoms with Crippen LogP contribution in [-0.4, -0.2) is 82.8 Å². The Morgan fingerprint density at radius 3 is 2.70 bits per heavy atom. The topological polar surface area (TPSA) is 99.8 Å². The summed E-state index contributed by atoms with van der Waals surface area (Å²) < 4.78 is 7.38. The molecule has 30 heavy (non-hydrogen) atoms. The summed E-state index contributed by atoms with van der Waals surface area (Å²) in [5.74, 6) is 2.47. The summed E-state index contributed by atoms with van der Waals surface area (Å²) >= 11 is 0. The van der Waals surface area contributed by atoms with Crippen LogP contribution in [0.15, 0.2) is 4.99 Å². The molecule has 1 saturated carbocycles. The van der Waals surface area contributed by atoms with Crippen molar-refractivity contribution in [2.45, 2.75) is 52.2 Å². The van der Waals surface area contributed by atoms with Crippen LogP contribution in [0.2, 0.25) is 0 Å². The van der Waals surface area contributed by atoms with Crippen LogP contribution >= 0.6 is 24.0 Å². The van der Waals surface area contributed by atoms with Gasteiger partial charge in [0.15, 0.2) is 11.8 Å². The number of aromatic nitrogens is 3. The summed E-state index contributed by atoms with van der Waals surface area (Å²) in [6.07, 6.45) is 3.93. The lowest BCUT2D eigenvalue weighted by molar-refractivity contribution is 0.00395. The zero-order valence-corrected chi connectivity index (χ0v) is 20.9. The lowest BCUT2D eigenvalue weighted by Gasteiger charge is -2.39. The van der Waals surface area contributed by atoms with Crippen LogP contribution in [0.25, 0.3) is 0 Å². The van der Waals surface area contributed by atoms with Crippen LogP contribution in [0, 0.1) is 12.3 Å². The van der Waals surface area contributed by atoms with Gasteiger partial charge in [-0.2, -0.15) is 0 Å². The molecule has 3 N–H and O–H groups in total. The second-order valence-corrected chi connectivity index (χ2v) is 8.54. The molecule has 1 aliphatic heterocycles. The van der Waals surface area contributed by atoms with Crippen molar-refractivity contribution in [2.24, 2.45) is 17.5 Å². The average molecular weight is 535 g/mol. The van der Waals surface area contributed by atoms with Crippen LogP contribution in [0.5, 0.6) is 0 Å². The third kappa shape index (κ3) is 7.03. The van der Waals surface area contributed by atoms with Crippen molar-refractivity contribution in [2.75, 3.05) is 45.9 Å². The van der Waals surface area contributed by atoms with E-state index in [0.29, 0.717) is 13.1 Å². The summed E-state index contributed by atoms with van der Waals surface area (Å²) in [6, 6.07) is 0. The number of hydrogen-bond donors (Lipinski definition) is 3. The van der Waals surface area contributed by atoms with E-state index in [-0.39, 0.29) is 35.5 Å². The highest BCUT2D eigenvalue weighted by molar-refractivity contribution is 14.0. The zero-order valence-electron chi connectivity index (χ0n) is 18.6. The van der Waals surface area contributed by atoms with E-state index in [1.807, 2.05) is 18.5 Å². The molecule has 0 spiro atoms. The lowest BCUT2D eigenvalue weighted by atomic mass is 9.73. The normalized spacial score (nSPS) is 25.6. The number of hydrogen-bond acceptors (Lipinski definition) is 6. The van der Waals surface area contributed by atoms with E-state index in [0.717, 1.165) is 76.3 Å². The molecule has 0 bridgehead atoms. The number of guanidine groups is 1. The van der Waals surface area contributed by atoms with Crippen LogP contribution in [0.4, 0.5) is 0 Å². The number of morpholine rings is 1. The van der Waals surface area contributed by atoms with Gasteiger partial charge in [-0.3, -0.25) is 4.90 Å². The fourth-order valence-corrected chi connectivity index (χ4v) is 3.94. The number of halogens is 1. The minimum atomic E-state index is -0.264. The van der Waals surface area contributed by atoms with Gasteiger partial charge in [0, 0.05) is 45.2 Å². The maximum atomic E-state index is 10.5. The molecule has 1 aromatic rings. The van der Waals surface area contributed by atoms with Crippen molar-refractivity contribution < 1.29 is 9.84 Å². The van der Waals surface area contributed by atoms with Crippen molar-refractivity contribution in [1.82, 2.24) is 30.3 Å². The monoisotopic (exact) mass is 535 g/mol. The number of rotatable bonds is 7. The van der Waals surface area contributed by atoms with E-state index in [2.05, 4.69) is 32.7 Å². The first-order chi connectivity index (χ1) is 14.0. The standard InChI is InChI=1S/C20H37N7O2.HI/c1-16-24-25-18(26(16)3)14-22-19(21-8-9-27-10-12-29-13-11-27)23-15-20(2)7-5-4-6-17(20)28;/h17,28H,4-15H2,1-3H3,(H2,21,22,23);1H. The van der Waals surface area contributed by atoms with Gasteiger partial charge in [0.1, 0.15) is 12.4 Å². The fraction of sp³-hybridized carbons (Fsp3) is 0.850. The van der Waals surface area contributed by atoms with Gasteiger partial charge in [0.2, 0.25) is 0 Å². The molecule has 3 rings (SSSR count). The number of nitrogens with zero attached hydrogens (tertiary/aromatic N) is 5. The van der Waals surface area contributed by atoms with Crippen LogP contribution in [0.3, 0.4) is 0 Å². The summed E-state index contributed by atoms with van der Waals surface area (Å²) in [4.78, 5) is 7.13. The summed E-state index contributed by atoms with van der Waals surface area (Å²) in [5.41, 5.74) is -0.119. The van der Waals surface area contributed by atoms with E-state index in [4.69, 9.17) is 9.73 Å². The Balaban J connectivity index is 0.00000320. The number of aliphatic hydroxyl groups excluding tert-OH is 1. The molecule has 0 amide bonds. The molecule has 2 fully saturated rings. The van der Waals surface area contributed by atoms with Gasteiger partial charge >= 0.3 is 0 Å². The van der Waals surface area contributed by atoms with Crippen LogP contribution < -0.4 is 10.6 Å². The quantitative estimate of drug-likeness (QED) is 0.273. The Kier molecular flexibility index (Phi) is 10.2. The van der Waals surface area contributed by atoms with Crippen molar-refractivity contribution in [3.8, 4) is 0 Å². The Hall–Kier alpha value is -0.980. The predicted molar refractivity (Wildman–Crippen MR) is 128 cm³/mol. The van der Waals surface area contributed by atoms with Crippen molar-refractivity contribution in [3.63, 3.8) is 0 Å². The number of ether oxygens (including phenoxy) is 1. The smallest absolute Gasteiger partial charge is 0.191 e. The highest BCUT2D eigenvalue weighted by Gasteiger charge is 2.35. The summed E-state index contributed by atoms with van der Waals surface area (Å²) in [7, 11) is 1.96. The molecule has 2 atom stereocenters. The third-order valence-corrected chi connectivity index (χ3v) is 6.33. The molecule has 1 aliphatic carbocycles.